The first-order valence-electron chi connectivity index (χ1n) is 9.20. The third-order valence-corrected chi connectivity index (χ3v) is 6.60. The number of benzene rings is 3. The molecule has 5 rings (SSSR count). The van der Waals surface area contributed by atoms with Gasteiger partial charge in [0, 0.05) is 39.4 Å². The van der Waals surface area contributed by atoms with Gasteiger partial charge in [-0.05, 0) is 42.5 Å². The number of amides is 1. The number of thiazole rings is 1. The van der Waals surface area contributed by atoms with Crippen LogP contribution in [0.15, 0.2) is 42.5 Å². The predicted molar refractivity (Wildman–Crippen MR) is 112 cm³/mol. The van der Waals surface area contributed by atoms with Gasteiger partial charge in [0.1, 0.15) is 16.6 Å². The Labute approximate surface area is 186 Å². The highest BCUT2D eigenvalue weighted by atomic mass is 35.5. The normalized spacial score (nSPS) is 13.5. The van der Waals surface area contributed by atoms with Crippen molar-refractivity contribution in [3.05, 3.63) is 75.8 Å². The van der Waals surface area contributed by atoms with Gasteiger partial charge in [-0.3, -0.25) is 4.79 Å². The van der Waals surface area contributed by atoms with E-state index in [9.17, 15) is 26.7 Å². The summed E-state index contributed by atoms with van der Waals surface area (Å²) in [5, 5.41) is 3.04. The van der Waals surface area contributed by atoms with E-state index in [2.05, 4.69) is 10.3 Å². The van der Waals surface area contributed by atoms with E-state index < -0.39 is 23.4 Å². The average Bonchev–Trinajstić information content (AvgIpc) is 3.32. The number of aromatic nitrogens is 1. The molecule has 0 aliphatic carbocycles. The molecule has 0 fully saturated rings. The Balaban J connectivity index is 1.80. The Morgan fingerprint density at radius 1 is 0.969 bits per heavy atom. The Morgan fingerprint density at radius 2 is 1.75 bits per heavy atom. The molecule has 10 heteroatoms. The molecule has 0 atom stereocenters. The summed E-state index contributed by atoms with van der Waals surface area (Å²) in [7, 11) is 0. The number of alkyl halides is 3. The van der Waals surface area contributed by atoms with Crippen molar-refractivity contribution in [2.24, 2.45) is 0 Å². The summed E-state index contributed by atoms with van der Waals surface area (Å²) in [6.07, 6.45) is -4.73. The van der Waals surface area contributed by atoms with E-state index in [1.165, 1.54) is 18.2 Å². The van der Waals surface area contributed by atoms with Crippen molar-refractivity contribution >= 4 is 39.1 Å². The molecule has 0 unspecified atom stereocenters. The minimum atomic E-state index is -4.73. The zero-order chi connectivity index (χ0) is 22.8. The summed E-state index contributed by atoms with van der Waals surface area (Å²) < 4.78 is 68.0. The monoisotopic (exact) mass is 480 g/mol. The molecule has 1 aliphatic rings. The number of halogens is 6. The molecule has 1 N–H and O–H groups in total. The third-order valence-electron chi connectivity index (χ3n) is 5.13. The van der Waals surface area contributed by atoms with E-state index >= 15 is 0 Å². The smallest absolute Gasteiger partial charge is 0.348 e. The average molecular weight is 481 g/mol. The molecule has 2 heterocycles. The van der Waals surface area contributed by atoms with Gasteiger partial charge >= 0.3 is 6.18 Å². The molecule has 0 bridgehead atoms. The second-order valence-electron chi connectivity index (χ2n) is 7.18. The third kappa shape index (κ3) is 3.41. The molecule has 1 amide bonds. The number of nitrogens with zero attached hydrogens (tertiary/aromatic N) is 1. The summed E-state index contributed by atoms with van der Waals surface area (Å²) in [5.41, 5.74) is 0.786. The van der Waals surface area contributed by atoms with Crippen molar-refractivity contribution in [2.75, 3.05) is 0 Å². The topological polar surface area (TPSA) is 42.0 Å². The second-order valence-corrected chi connectivity index (χ2v) is 8.59. The molecule has 3 aromatic carbocycles. The van der Waals surface area contributed by atoms with Crippen LogP contribution in [0.4, 0.5) is 22.0 Å². The van der Waals surface area contributed by atoms with Gasteiger partial charge in [0.25, 0.3) is 5.91 Å². The highest BCUT2D eigenvalue weighted by Crippen LogP contribution is 2.43. The van der Waals surface area contributed by atoms with Crippen LogP contribution in [0.1, 0.15) is 21.5 Å². The van der Waals surface area contributed by atoms with E-state index in [0.29, 0.717) is 38.5 Å². The Kier molecular flexibility index (Phi) is 4.72. The van der Waals surface area contributed by atoms with Crippen LogP contribution < -0.4 is 5.32 Å². The Bertz CT molecular complexity index is 1430. The Morgan fingerprint density at radius 3 is 2.50 bits per heavy atom. The van der Waals surface area contributed by atoms with E-state index in [1.54, 1.807) is 6.07 Å². The predicted octanol–water partition coefficient (Wildman–Crippen LogP) is 6.82. The maximum atomic E-state index is 14.0. The molecular formula is C22H10ClF5N2OS. The molecule has 1 aromatic heterocycles. The largest absolute Gasteiger partial charge is 0.416 e. The quantitative estimate of drug-likeness (QED) is 0.320. The molecule has 0 saturated carbocycles. The number of rotatable bonds is 2. The number of hydrogen-bond donors (Lipinski definition) is 1. The lowest BCUT2D eigenvalue weighted by Crippen LogP contribution is -2.12. The minimum absolute atomic E-state index is 0.0548. The Hall–Kier alpha value is -3.04. The molecule has 0 spiro atoms. The van der Waals surface area contributed by atoms with Crippen molar-refractivity contribution < 1.29 is 26.7 Å². The molecule has 0 saturated heterocycles. The zero-order valence-electron chi connectivity index (χ0n) is 15.8. The minimum Gasteiger partial charge on any atom is -0.348 e. The summed E-state index contributed by atoms with van der Waals surface area (Å²) in [6, 6.07) is 7.52. The van der Waals surface area contributed by atoms with E-state index in [1.807, 2.05) is 0 Å². The fourth-order valence-corrected chi connectivity index (χ4v) is 5.01. The van der Waals surface area contributed by atoms with Gasteiger partial charge in [-0.25, -0.2) is 13.8 Å². The highest BCUT2D eigenvalue weighted by molar-refractivity contribution is 7.22. The van der Waals surface area contributed by atoms with Crippen LogP contribution in [0.5, 0.6) is 0 Å². The van der Waals surface area contributed by atoms with Gasteiger partial charge in [0.05, 0.1) is 15.8 Å². The van der Waals surface area contributed by atoms with Gasteiger partial charge in [-0.15, -0.1) is 11.3 Å². The summed E-state index contributed by atoms with van der Waals surface area (Å²) >= 11 is 7.29. The first-order valence-corrected chi connectivity index (χ1v) is 10.4. The second kappa shape index (κ2) is 7.25. The number of fused-ring (bicyclic) bond motifs is 3. The SMILES string of the molecule is O=C1NCc2c1cc(-c1cc(F)ccc1Cl)c1sc(-c3cc(F)cc(C(F)(F)F)c3)nc21. The maximum Gasteiger partial charge on any atom is 0.416 e. The van der Waals surface area contributed by atoms with E-state index in [4.69, 9.17) is 11.6 Å². The lowest BCUT2D eigenvalue weighted by Gasteiger charge is -2.08. The zero-order valence-corrected chi connectivity index (χ0v) is 17.4. The van der Waals surface area contributed by atoms with Crippen LogP contribution in [0, 0.1) is 11.6 Å². The standard InChI is InChI=1S/C22H10ClF5N2OS/c23-17-2-1-11(24)6-13(17)14-7-15-16(8-29-20(15)31)18-19(14)32-21(30-18)9-3-10(22(26,27)28)5-12(25)4-9/h1-7H,8H2,(H,29,31). The first kappa shape index (κ1) is 20.8. The van der Waals surface area contributed by atoms with Crippen molar-refractivity contribution in [1.29, 1.82) is 0 Å². The van der Waals surface area contributed by atoms with Crippen molar-refractivity contribution in [3.8, 4) is 21.7 Å². The molecule has 3 nitrogen and oxygen atoms in total. The van der Waals surface area contributed by atoms with Gasteiger partial charge < -0.3 is 5.32 Å². The van der Waals surface area contributed by atoms with Gasteiger partial charge in [0.15, 0.2) is 0 Å². The van der Waals surface area contributed by atoms with Crippen LogP contribution in [0.25, 0.3) is 31.9 Å². The fourth-order valence-electron chi connectivity index (χ4n) is 3.68. The van der Waals surface area contributed by atoms with Gasteiger partial charge in [0.2, 0.25) is 0 Å². The number of nitrogens with one attached hydrogen (secondary N) is 1. The van der Waals surface area contributed by atoms with Crippen LogP contribution in [-0.2, 0) is 12.7 Å². The van der Waals surface area contributed by atoms with Crippen molar-refractivity contribution in [2.45, 2.75) is 12.7 Å². The maximum absolute atomic E-state index is 14.0. The van der Waals surface area contributed by atoms with Crippen molar-refractivity contribution in [1.82, 2.24) is 10.3 Å². The molecule has 4 aromatic rings. The number of carbonyl (C=O) groups excluding carboxylic acids is 1. The molecule has 0 radical (unpaired) electrons. The highest BCUT2D eigenvalue weighted by Gasteiger charge is 2.32. The molecule has 162 valence electrons. The fraction of sp³-hybridized carbons (Fsp3) is 0.0909. The summed E-state index contributed by atoms with van der Waals surface area (Å²) in [5.74, 6) is -1.95. The van der Waals surface area contributed by atoms with Crippen molar-refractivity contribution in [3.63, 3.8) is 0 Å². The molecular weight excluding hydrogens is 471 g/mol. The van der Waals surface area contributed by atoms with Crippen LogP contribution in [-0.4, -0.2) is 10.9 Å². The van der Waals surface area contributed by atoms with Gasteiger partial charge in [-0.1, -0.05) is 11.6 Å². The van der Waals surface area contributed by atoms with Crippen LogP contribution in [0.3, 0.4) is 0 Å². The number of hydrogen-bond acceptors (Lipinski definition) is 3. The molecule has 32 heavy (non-hydrogen) atoms. The summed E-state index contributed by atoms with van der Waals surface area (Å²) in [6.45, 7) is 0.182. The van der Waals surface area contributed by atoms with E-state index in [-0.39, 0.29) is 28.0 Å². The van der Waals surface area contributed by atoms with E-state index in [0.717, 1.165) is 23.5 Å². The first-order chi connectivity index (χ1) is 15.1. The summed E-state index contributed by atoms with van der Waals surface area (Å²) in [4.78, 5) is 16.8. The lowest BCUT2D eigenvalue weighted by atomic mass is 9.99. The van der Waals surface area contributed by atoms with Crippen LogP contribution in [0.2, 0.25) is 5.02 Å². The van der Waals surface area contributed by atoms with Crippen LogP contribution >= 0.6 is 22.9 Å². The number of carbonyl (C=O) groups is 1. The molecule has 1 aliphatic heterocycles. The lowest BCUT2D eigenvalue weighted by molar-refractivity contribution is -0.137. The van der Waals surface area contributed by atoms with Gasteiger partial charge in [-0.2, -0.15) is 13.2 Å².